The topological polar surface area (TPSA) is 62.3 Å². The summed E-state index contributed by atoms with van der Waals surface area (Å²) in [5.74, 6) is -0.108. The quantitative estimate of drug-likeness (QED) is 0.808. The zero-order chi connectivity index (χ0) is 12.3. The van der Waals surface area contributed by atoms with Crippen LogP contribution in [0.15, 0.2) is 24.5 Å². The van der Waals surface area contributed by atoms with E-state index in [0.717, 1.165) is 5.56 Å². The van der Waals surface area contributed by atoms with Crippen molar-refractivity contribution in [2.45, 2.75) is 19.4 Å². The van der Waals surface area contributed by atoms with Gasteiger partial charge in [0.1, 0.15) is 0 Å². The Morgan fingerprint density at radius 2 is 2.06 bits per heavy atom. The summed E-state index contributed by atoms with van der Waals surface area (Å²) in [4.78, 5) is 28.8. The molecule has 2 heterocycles. The van der Waals surface area contributed by atoms with E-state index >= 15 is 0 Å². The summed E-state index contributed by atoms with van der Waals surface area (Å²) in [6.07, 6.45) is 3.77. The Hall–Kier alpha value is -1.91. The molecule has 17 heavy (non-hydrogen) atoms. The van der Waals surface area contributed by atoms with E-state index in [2.05, 4.69) is 10.3 Å². The molecule has 2 amide bonds. The van der Waals surface area contributed by atoms with Crippen LogP contribution in [-0.2, 0) is 9.59 Å². The van der Waals surface area contributed by atoms with E-state index < -0.39 is 0 Å². The molecule has 5 nitrogen and oxygen atoms in total. The highest BCUT2D eigenvalue weighted by Crippen LogP contribution is 2.20. The van der Waals surface area contributed by atoms with Crippen LogP contribution in [0.5, 0.6) is 0 Å². The monoisotopic (exact) mass is 233 g/mol. The lowest BCUT2D eigenvalue weighted by molar-refractivity contribution is -0.132. The van der Waals surface area contributed by atoms with Gasteiger partial charge in [-0.2, -0.15) is 0 Å². The molecule has 1 aliphatic rings. The molecule has 0 saturated carbocycles. The molecule has 1 atom stereocenters. The fourth-order valence-corrected chi connectivity index (χ4v) is 1.94. The van der Waals surface area contributed by atoms with Gasteiger partial charge in [0.15, 0.2) is 0 Å². The molecule has 1 aliphatic heterocycles. The molecule has 0 aromatic carbocycles. The molecule has 1 aromatic rings. The minimum Gasteiger partial charge on any atom is -0.347 e. The summed E-state index contributed by atoms with van der Waals surface area (Å²) in [7, 11) is 0. The first-order chi connectivity index (χ1) is 8.18. The Morgan fingerprint density at radius 1 is 1.35 bits per heavy atom. The molecule has 0 bridgehead atoms. The Bertz CT molecular complexity index is 419. The molecular formula is C12H15N3O2. The lowest BCUT2D eigenvalue weighted by Crippen LogP contribution is -2.37. The van der Waals surface area contributed by atoms with Gasteiger partial charge < -0.3 is 10.2 Å². The van der Waals surface area contributed by atoms with Crippen molar-refractivity contribution in [1.82, 2.24) is 15.2 Å². The molecule has 1 N–H and O–H groups in total. The van der Waals surface area contributed by atoms with Crippen LogP contribution in [0.2, 0.25) is 0 Å². The Kier molecular flexibility index (Phi) is 3.37. The van der Waals surface area contributed by atoms with Crippen molar-refractivity contribution in [3.63, 3.8) is 0 Å². The van der Waals surface area contributed by atoms with Crippen molar-refractivity contribution in [2.75, 3.05) is 13.1 Å². The standard InChI is InChI=1S/C12H15N3O2/c1-9(10-2-5-13-6-3-10)15-7-4-11(16)14-8-12(15)17/h2-3,5-6,9H,4,7-8H2,1H3,(H,14,16). The fourth-order valence-electron chi connectivity index (χ4n) is 1.94. The highest BCUT2D eigenvalue weighted by atomic mass is 16.2. The maximum absolute atomic E-state index is 11.9. The SMILES string of the molecule is CC(c1ccncc1)N1CCC(=O)NCC1=O. The Morgan fingerprint density at radius 3 is 2.76 bits per heavy atom. The largest absolute Gasteiger partial charge is 0.347 e. The number of hydrogen-bond acceptors (Lipinski definition) is 3. The number of carbonyl (C=O) groups excluding carboxylic acids is 2. The van der Waals surface area contributed by atoms with Gasteiger partial charge >= 0.3 is 0 Å². The van der Waals surface area contributed by atoms with Crippen molar-refractivity contribution in [3.05, 3.63) is 30.1 Å². The third-order valence-corrected chi connectivity index (χ3v) is 2.99. The second kappa shape index (κ2) is 4.95. The van der Waals surface area contributed by atoms with E-state index in [1.165, 1.54) is 0 Å². The average Bonchev–Trinajstić information content (AvgIpc) is 2.52. The molecule has 1 fully saturated rings. The van der Waals surface area contributed by atoms with Crippen molar-refractivity contribution in [2.24, 2.45) is 0 Å². The predicted molar refractivity (Wildman–Crippen MR) is 62.0 cm³/mol. The molecule has 2 rings (SSSR count). The van der Waals surface area contributed by atoms with Crippen LogP contribution < -0.4 is 5.32 Å². The van der Waals surface area contributed by atoms with Gasteiger partial charge in [0, 0.05) is 25.4 Å². The van der Waals surface area contributed by atoms with E-state index in [-0.39, 0.29) is 24.4 Å². The third-order valence-electron chi connectivity index (χ3n) is 2.99. The molecule has 5 heteroatoms. The predicted octanol–water partition coefficient (Wildman–Crippen LogP) is 0.491. The lowest BCUT2D eigenvalue weighted by Gasteiger charge is -2.27. The van der Waals surface area contributed by atoms with E-state index in [9.17, 15) is 9.59 Å². The van der Waals surface area contributed by atoms with Crippen LogP contribution in [-0.4, -0.2) is 34.8 Å². The van der Waals surface area contributed by atoms with Gasteiger partial charge in [-0.05, 0) is 24.6 Å². The van der Waals surface area contributed by atoms with Crippen molar-refractivity contribution < 1.29 is 9.59 Å². The van der Waals surface area contributed by atoms with Crippen molar-refractivity contribution >= 4 is 11.8 Å². The minimum absolute atomic E-state index is 0.0294. The lowest BCUT2D eigenvalue weighted by atomic mass is 10.1. The van der Waals surface area contributed by atoms with Crippen LogP contribution in [0.1, 0.15) is 24.9 Å². The Balaban J connectivity index is 2.15. The van der Waals surface area contributed by atoms with E-state index in [4.69, 9.17) is 0 Å². The maximum Gasteiger partial charge on any atom is 0.242 e. The van der Waals surface area contributed by atoms with Gasteiger partial charge in [0.2, 0.25) is 11.8 Å². The van der Waals surface area contributed by atoms with Crippen LogP contribution in [0.25, 0.3) is 0 Å². The molecular weight excluding hydrogens is 218 g/mol. The highest BCUT2D eigenvalue weighted by Gasteiger charge is 2.24. The second-order valence-electron chi connectivity index (χ2n) is 4.07. The first kappa shape index (κ1) is 11.6. The van der Waals surface area contributed by atoms with Gasteiger partial charge in [0.05, 0.1) is 12.6 Å². The number of aromatic nitrogens is 1. The molecule has 90 valence electrons. The van der Waals surface area contributed by atoms with Crippen molar-refractivity contribution in [1.29, 1.82) is 0 Å². The zero-order valence-electron chi connectivity index (χ0n) is 9.72. The summed E-state index contributed by atoms with van der Waals surface area (Å²) in [6.45, 7) is 2.52. The van der Waals surface area contributed by atoms with Gasteiger partial charge in [-0.3, -0.25) is 14.6 Å². The molecule has 0 spiro atoms. The third kappa shape index (κ3) is 2.61. The van der Waals surface area contributed by atoms with Crippen LogP contribution in [0, 0.1) is 0 Å². The average molecular weight is 233 g/mol. The summed E-state index contributed by atoms with van der Waals surface area (Å²) in [5, 5.41) is 2.59. The number of nitrogens with one attached hydrogen (secondary N) is 1. The molecule has 1 aromatic heterocycles. The number of amides is 2. The summed E-state index contributed by atoms with van der Waals surface area (Å²) < 4.78 is 0. The van der Waals surface area contributed by atoms with Gasteiger partial charge in [-0.1, -0.05) is 0 Å². The molecule has 1 saturated heterocycles. The summed E-state index contributed by atoms with van der Waals surface area (Å²) >= 11 is 0. The van der Waals surface area contributed by atoms with E-state index in [1.807, 2.05) is 19.1 Å². The normalized spacial score (nSPS) is 18.5. The number of pyridine rings is 1. The van der Waals surface area contributed by atoms with Gasteiger partial charge in [-0.25, -0.2) is 0 Å². The smallest absolute Gasteiger partial charge is 0.242 e. The van der Waals surface area contributed by atoms with Gasteiger partial charge in [0.25, 0.3) is 0 Å². The van der Waals surface area contributed by atoms with Crippen LogP contribution in [0.3, 0.4) is 0 Å². The molecule has 0 aliphatic carbocycles. The van der Waals surface area contributed by atoms with E-state index in [1.54, 1.807) is 17.3 Å². The van der Waals surface area contributed by atoms with Crippen LogP contribution in [0.4, 0.5) is 0 Å². The number of carbonyl (C=O) groups is 2. The first-order valence-electron chi connectivity index (χ1n) is 5.64. The first-order valence-corrected chi connectivity index (χ1v) is 5.64. The number of hydrogen-bond donors (Lipinski definition) is 1. The van der Waals surface area contributed by atoms with Crippen LogP contribution >= 0.6 is 0 Å². The van der Waals surface area contributed by atoms with E-state index in [0.29, 0.717) is 13.0 Å². The van der Waals surface area contributed by atoms with Crippen molar-refractivity contribution in [3.8, 4) is 0 Å². The molecule has 1 unspecified atom stereocenters. The second-order valence-corrected chi connectivity index (χ2v) is 4.07. The molecule has 0 radical (unpaired) electrons. The van der Waals surface area contributed by atoms with Gasteiger partial charge in [-0.15, -0.1) is 0 Å². The Labute approximate surface area is 99.8 Å². The highest BCUT2D eigenvalue weighted by molar-refractivity contribution is 5.87. The zero-order valence-corrected chi connectivity index (χ0v) is 9.72. The summed E-state index contributed by atoms with van der Waals surface area (Å²) in [5.41, 5.74) is 1.03. The number of rotatable bonds is 2. The summed E-state index contributed by atoms with van der Waals surface area (Å²) in [6, 6.07) is 3.74. The maximum atomic E-state index is 11.9. The minimum atomic E-state index is -0.0669. The number of nitrogens with zero attached hydrogens (tertiary/aromatic N) is 2. The fraction of sp³-hybridized carbons (Fsp3) is 0.417.